The van der Waals surface area contributed by atoms with E-state index >= 15 is 0 Å². The standard InChI is InChI=1S/C19H21ClN4O6S/c1-19(2,3)30-18(27)22-12-7-13(28-4)11(20)6-10(12)9-21-24-17-23-16(26)14(31-17)8-15(25)29-5/h6-9H,1-5H3,(H,22,27)(H,23,24,26)/b14-8+,21-9?. The molecule has 1 aromatic rings. The number of carbonyl (C=O) groups excluding carboxylic acids is 3. The number of halogens is 1. The zero-order chi connectivity index (χ0) is 23.2. The Morgan fingerprint density at radius 1 is 1.26 bits per heavy atom. The first-order valence-electron chi connectivity index (χ1n) is 8.80. The Morgan fingerprint density at radius 2 is 1.97 bits per heavy atom. The molecule has 0 aromatic heterocycles. The first-order chi connectivity index (χ1) is 14.5. The molecule has 0 spiro atoms. The molecule has 1 aliphatic rings. The summed E-state index contributed by atoms with van der Waals surface area (Å²) in [6, 6.07) is 3.05. The number of hydrogen-bond donors (Lipinski definition) is 2. The molecule has 0 saturated carbocycles. The van der Waals surface area contributed by atoms with Gasteiger partial charge in [-0.1, -0.05) is 11.6 Å². The molecule has 10 nitrogen and oxygen atoms in total. The van der Waals surface area contributed by atoms with Crippen LogP contribution in [0.15, 0.2) is 33.3 Å². The average Bonchev–Trinajstić information content (AvgIpc) is 3.01. The molecule has 2 rings (SSSR count). The van der Waals surface area contributed by atoms with Gasteiger partial charge in [0, 0.05) is 17.7 Å². The Labute approximate surface area is 188 Å². The van der Waals surface area contributed by atoms with Crippen LogP contribution >= 0.6 is 23.4 Å². The van der Waals surface area contributed by atoms with Crippen molar-refractivity contribution in [2.75, 3.05) is 19.5 Å². The Balaban J connectivity index is 2.24. The van der Waals surface area contributed by atoms with Crippen molar-refractivity contribution in [3.05, 3.63) is 33.7 Å². The summed E-state index contributed by atoms with van der Waals surface area (Å²) in [6.45, 7) is 5.22. The predicted molar refractivity (Wildman–Crippen MR) is 119 cm³/mol. The van der Waals surface area contributed by atoms with E-state index < -0.39 is 23.6 Å². The first kappa shape index (κ1) is 24.2. The fourth-order valence-corrected chi connectivity index (χ4v) is 3.13. The third-order valence-corrected chi connectivity index (χ3v) is 4.60. The lowest BCUT2D eigenvalue weighted by atomic mass is 10.2. The molecule has 12 heteroatoms. The molecule has 2 amide bonds. The van der Waals surface area contributed by atoms with Crippen LogP contribution in [-0.4, -0.2) is 49.2 Å². The molecule has 1 aromatic carbocycles. The van der Waals surface area contributed by atoms with Crippen LogP contribution in [0.3, 0.4) is 0 Å². The van der Waals surface area contributed by atoms with E-state index in [9.17, 15) is 14.4 Å². The number of nitrogens with zero attached hydrogens (tertiary/aromatic N) is 2. The van der Waals surface area contributed by atoms with Crippen LogP contribution in [-0.2, 0) is 19.1 Å². The molecule has 2 N–H and O–H groups in total. The normalized spacial score (nSPS) is 16.5. The molecule has 0 unspecified atom stereocenters. The van der Waals surface area contributed by atoms with E-state index in [1.807, 2.05) is 0 Å². The summed E-state index contributed by atoms with van der Waals surface area (Å²) in [5, 5.41) is 13.4. The Morgan fingerprint density at radius 3 is 2.58 bits per heavy atom. The van der Waals surface area contributed by atoms with Gasteiger partial charge in [0.25, 0.3) is 5.91 Å². The van der Waals surface area contributed by atoms with Crippen LogP contribution < -0.4 is 15.4 Å². The highest BCUT2D eigenvalue weighted by molar-refractivity contribution is 8.18. The summed E-state index contributed by atoms with van der Waals surface area (Å²) in [7, 11) is 2.65. The number of anilines is 1. The molecular formula is C19H21ClN4O6S. The largest absolute Gasteiger partial charge is 0.495 e. The minimum atomic E-state index is -0.686. The van der Waals surface area contributed by atoms with Crippen molar-refractivity contribution >= 4 is 58.4 Å². The molecule has 31 heavy (non-hydrogen) atoms. The maximum atomic E-state index is 12.2. The van der Waals surface area contributed by atoms with Gasteiger partial charge in [0.2, 0.25) is 0 Å². The topological polar surface area (TPSA) is 128 Å². The summed E-state index contributed by atoms with van der Waals surface area (Å²) in [6.07, 6.45) is 1.71. The highest BCUT2D eigenvalue weighted by Crippen LogP contribution is 2.31. The van der Waals surface area contributed by atoms with Crippen LogP contribution in [0.1, 0.15) is 26.3 Å². The maximum Gasteiger partial charge on any atom is 0.412 e. The molecule has 1 heterocycles. The predicted octanol–water partition coefficient (Wildman–Crippen LogP) is 3.31. The minimum absolute atomic E-state index is 0.126. The number of nitrogens with one attached hydrogen (secondary N) is 2. The molecule has 1 saturated heterocycles. The Bertz CT molecular complexity index is 984. The number of carbonyl (C=O) groups is 3. The van der Waals surface area contributed by atoms with E-state index in [0.717, 1.165) is 17.8 Å². The van der Waals surface area contributed by atoms with Gasteiger partial charge in [-0.2, -0.15) is 5.10 Å². The zero-order valence-corrected chi connectivity index (χ0v) is 19.0. The Kier molecular flexibility index (Phi) is 8.06. The molecule has 166 valence electrons. The fourth-order valence-electron chi connectivity index (χ4n) is 2.14. The van der Waals surface area contributed by atoms with Crippen LogP contribution in [0.25, 0.3) is 0 Å². The van der Waals surface area contributed by atoms with Gasteiger partial charge in [-0.3, -0.25) is 15.4 Å². The van der Waals surface area contributed by atoms with E-state index in [2.05, 4.69) is 25.6 Å². The second-order valence-electron chi connectivity index (χ2n) is 6.94. The molecule has 0 radical (unpaired) electrons. The van der Waals surface area contributed by atoms with Gasteiger partial charge in [-0.05, 0) is 38.6 Å². The van der Waals surface area contributed by atoms with Gasteiger partial charge >= 0.3 is 12.1 Å². The van der Waals surface area contributed by atoms with Gasteiger partial charge in [0.15, 0.2) is 5.17 Å². The number of amides is 2. The summed E-state index contributed by atoms with van der Waals surface area (Å²) in [5.41, 5.74) is 0.0585. The quantitative estimate of drug-likeness (QED) is 0.293. The van der Waals surface area contributed by atoms with Crippen LogP contribution in [0.4, 0.5) is 10.5 Å². The monoisotopic (exact) mass is 468 g/mol. The van der Waals surface area contributed by atoms with Gasteiger partial charge in [-0.25, -0.2) is 9.59 Å². The number of rotatable bonds is 5. The molecule has 0 atom stereocenters. The highest BCUT2D eigenvalue weighted by atomic mass is 35.5. The summed E-state index contributed by atoms with van der Waals surface area (Å²) < 4.78 is 14.9. The lowest BCUT2D eigenvalue weighted by Gasteiger charge is -2.20. The molecular weight excluding hydrogens is 448 g/mol. The smallest absolute Gasteiger partial charge is 0.412 e. The third-order valence-electron chi connectivity index (χ3n) is 3.41. The lowest BCUT2D eigenvalue weighted by molar-refractivity contribution is -0.135. The van der Waals surface area contributed by atoms with Gasteiger partial charge in [0.1, 0.15) is 11.4 Å². The van der Waals surface area contributed by atoms with E-state index in [0.29, 0.717) is 17.0 Å². The van der Waals surface area contributed by atoms with Crippen molar-refractivity contribution in [2.24, 2.45) is 10.2 Å². The first-order valence-corrected chi connectivity index (χ1v) is 9.99. The van der Waals surface area contributed by atoms with E-state index in [-0.39, 0.29) is 15.1 Å². The highest BCUT2D eigenvalue weighted by Gasteiger charge is 2.25. The number of benzene rings is 1. The van der Waals surface area contributed by atoms with E-state index in [4.69, 9.17) is 21.1 Å². The van der Waals surface area contributed by atoms with Crippen molar-refractivity contribution in [3.63, 3.8) is 0 Å². The average molecular weight is 469 g/mol. The second-order valence-corrected chi connectivity index (χ2v) is 8.38. The van der Waals surface area contributed by atoms with Gasteiger partial charge in [0.05, 0.1) is 36.0 Å². The number of esters is 1. The van der Waals surface area contributed by atoms with Crippen molar-refractivity contribution in [1.29, 1.82) is 0 Å². The fraction of sp³-hybridized carbons (Fsp3) is 0.316. The van der Waals surface area contributed by atoms with E-state index in [1.54, 1.807) is 20.8 Å². The third kappa shape index (κ3) is 7.30. The van der Waals surface area contributed by atoms with Crippen LogP contribution in [0.2, 0.25) is 5.02 Å². The number of hydrogen-bond acceptors (Lipinski definition) is 9. The van der Waals surface area contributed by atoms with Crippen LogP contribution in [0.5, 0.6) is 5.75 Å². The summed E-state index contributed by atoms with van der Waals surface area (Å²) >= 11 is 7.10. The zero-order valence-electron chi connectivity index (χ0n) is 17.4. The van der Waals surface area contributed by atoms with Crippen molar-refractivity contribution in [1.82, 2.24) is 5.32 Å². The number of ether oxygens (including phenoxy) is 3. The summed E-state index contributed by atoms with van der Waals surface area (Å²) in [5.74, 6) is -0.815. The van der Waals surface area contributed by atoms with Crippen LogP contribution in [0, 0.1) is 0 Å². The maximum absolute atomic E-state index is 12.2. The van der Waals surface area contributed by atoms with Crippen molar-refractivity contribution in [3.8, 4) is 5.75 Å². The lowest BCUT2D eigenvalue weighted by Crippen LogP contribution is -2.27. The molecule has 0 aliphatic carbocycles. The van der Waals surface area contributed by atoms with Crippen molar-refractivity contribution in [2.45, 2.75) is 26.4 Å². The number of thioether (sulfide) groups is 1. The SMILES string of the molecule is COC(=O)/C=C1/S/C(=N\N=Cc2cc(Cl)c(OC)cc2NC(=O)OC(C)(C)C)NC1=O. The summed E-state index contributed by atoms with van der Waals surface area (Å²) in [4.78, 5) is 35.4. The van der Waals surface area contributed by atoms with Crippen molar-refractivity contribution < 1.29 is 28.6 Å². The van der Waals surface area contributed by atoms with Gasteiger partial charge < -0.3 is 14.2 Å². The van der Waals surface area contributed by atoms with E-state index in [1.165, 1.54) is 32.6 Å². The number of amidine groups is 1. The van der Waals surface area contributed by atoms with Gasteiger partial charge in [-0.15, -0.1) is 5.10 Å². The molecule has 1 aliphatic heterocycles. The molecule has 0 bridgehead atoms. The number of methoxy groups -OCH3 is 2. The Hall–Kier alpha value is -3.05. The second kappa shape index (κ2) is 10.3. The minimum Gasteiger partial charge on any atom is -0.495 e. The molecule has 1 fully saturated rings.